The monoisotopic (exact) mass is 338 g/mol. The summed E-state index contributed by atoms with van der Waals surface area (Å²) >= 11 is 0. The molecule has 0 unspecified atom stereocenters. The number of benzene rings is 2. The van der Waals surface area contributed by atoms with E-state index in [4.69, 9.17) is 4.74 Å². The molecule has 0 aliphatic carbocycles. The molecule has 0 bridgehead atoms. The molecule has 2 amide bonds. The molecule has 0 saturated carbocycles. The van der Waals surface area contributed by atoms with E-state index in [1.54, 1.807) is 6.07 Å². The molecule has 5 nitrogen and oxygen atoms in total. The van der Waals surface area contributed by atoms with Crippen LogP contribution in [0.4, 0.5) is 5.69 Å². The van der Waals surface area contributed by atoms with Gasteiger partial charge in [-0.1, -0.05) is 30.3 Å². The van der Waals surface area contributed by atoms with Crippen LogP contribution in [-0.4, -0.2) is 25.0 Å². The van der Waals surface area contributed by atoms with Crippen LogP contribution in [0.25, 0.3) is 0 Å². The van der Waals surface area contributed by atoms with Crippen LogP contribution in [-0.2, 0) is 20.7 Å². The Hall–Kier alpha value is -2.66. The summed E-state index contributed by atoms with van der Waals surface area (Å²) in [7, 11) is 0. The fourth-order valence-electron chi connectivity index (χ4n) is 2.92. The Kier molecular flexibility index (Phi) is 5.14. The molecule has 0 radical (unpaired) electrons. The van der Waals surface area contributed by atoms with Crippen molar-refractivity contribution in [2.45, 2.75) is 26.4 Å². The average Bonchev–Trinajstić information content (AvgIpc) is 2.62. The fraction of sp³-hybridized carbons (Fsp3) is 0.300. The summed E-state index contributed by atoms with van der Waals surface area (Å²) in [6.07, 6.45) is 0.650. The third-order valence-corrected chi connectivity index (χ3v) is 4.51. The minimum atomic E-state index is -0.674. The van der Waals surface area contributed by atoms with Gasteiger partial charge >= 0.3 is 11.8 Å². The molecular formula is C20H22N2O3. The Bertz CT molecular complexity index is 801. The molecule has 1 atom stereocenters. The van der Waals surface area contributed by atoms with E-state index < -0.39 is 11.8 Å². The second-order valence-electron chi connectivity index (χ2n) is 6.27. The zero-order chi connectivity index (χ0) is 17.8. The van der Waals surface area contributed by atoms with Crippen molar-refractivity contribution < 1.29 is 14.3 Å². The summed E-state index contributed by atoms with van der Waals surface area (Å²) in [5, 5.41) is 5.29. The van der Waals surface area contributed by atoms with Gasteiger partial charge in [-0.05, 0) is 54.7 Å². The highest BCUT2D eigenvalue weighted by atomic mass is 16.5. The van der Waals surface area contributed by atoms with Gasteiger partial charge in [0.1, 0.15) is 6.10 Å². The number of carbonyl (C=O) groups is 2. The van der Waals surface area contributed by atoms with Crippen molar-refractivity contribution in [3.8, 4) is 0 Å². The summed E-state index contributed by atoms with van der Waals surface area (Å²) in [6.45, 7) is 4.85. The molecule has 2 N–H and O–H groups in total. The number of nitrogens with one attached hydrogen (secondary N) is 2. The van der Waals surface area contributed by atoms with Gasteiger partial charge in [0.05, 0.1) is 6.61 Å². The first-order valence-electron chi connectivity index (χ1n) is 8.40. The predicted molar refractivity (Wildman–Crippen MR) is 96.4 cm³/mol. The lowest BCUT2D eigenvalue weighted by molar-refractivity contribution is -0.136. The highest BCUT2D eigenvalue weighted by molar-refractivity contribution is 6.39. The van der Waals surface area contributed by atoms with Gasteiger partial charge in [-0.2, -0.15) is 0 Å². The van der Waals surface area contributed by atoms with Gasteiger partial charge in [0.2, 0.25) is 0 Å². The summed E-state index contributed by atoms with van der Waals surface area (Å²) in [4.78, 5) is 24.1. The number of fused-ring (bicyclic) bond motifs is 1. The van der Waals surface area contributed by atoms with Crippen LogP contribution in [0.2, 0.25) is 0 Å². The van der Waals surface area contributed by atoms with Gasteiger partial charge < -0.3 is 15.4 Å². The normalized spacial score (nSPS) is 16.0. The van der Waals surface area contributed by atoms with Gasteiger partial charge in [-0.3, -0.25) is 9.59 Å². The minimum Gasteiger partial charge on any atom is -0.371 e. The highest BCUT2D eigenvalue weighted by Gasteiger charge is 2.22. The van der Waals surface area contributed by atoms with Gasteiger partial charge in [-0.25, -0.2) is 0 Å². The molecule has 2 aromatic carbocycles. The van der Waals surface area contributed by atoms with E-state index in [1.807, 2.05) is 44.2 Å². The van der Waals surface area contributed by atoms with Crippen molar-refractivity contribution in [3.05, 3.63) is 64.7 Å². The Morgan fingerprint density at radius 3 is 2.68 bits per heavy atom. The second kappa shape index (κ2) is 7.49. The van der Waals surface area contributed by atoms with E-state index in [0.29, 0.717) is 12.3 Å². The van der Waals surface area contributed by atoms with Gasteiger partial charge in [0.15, 0.2) is 0 Å². The second-order valence-corrected chi connectivity index (χ2v) is 6.27. The Morgan fingerprint density at radius 2 is 1.88 bits per heavy atom. The molecule has 2 aromatic rings. The lowest BCUT2D eigenvalue weighted by Gasteiger charge is -2.26. The number of carbonyl (C=O) groups excluding carboxylic acids is 2. The number of rotatable bonds is 3. The smallest absolute Gasteiger partial charge is 0.313 e. The lowest BCUT2D eigenvalue weighted by Crippen LogP contribution is -2.38. The van der Waals surface area contributed by atoms with Crippen molar-refractivity contribution in [2.24, 2.45) is 0 Å². The maximum Gasteiger partial charge on any atom is 0.313 e. The third-order valence-electron chi connectivity index (χ3n) is 4.51. The van der Waals surface area contributed by atoms with E-state index in [-0.39, 0.29) is 12.6 Å². The van der Waals surface area contributed by atoms with Crippen LogP contribution in [0.15, 0.2) is 42.5 Å². The highest BCUT2D eigenvalue weighted by Crippen LogP contribution is 2.26. The van der Waals surface area contributed by atoms with Gasteiger partial charge in [0.25, 0.3) is 0 Å². The first-order valence-corrected chi connectivity index (χ1v) is 8.40. The zero-order valence-corrected chi connectivity index (χ0v) is 14.5. The maximum absolute atomic E-state index is 12.1. The number of hydrogen-bond acceptors (Lipinski definition) is 3. The molecule has 3 rings (SSSR count). The van der Waals surface area contributed by atoms with Crippen molar-refractivity contribution in [1.29, 1.82) is 0 Å². The molecule has 1 aliphatic heterocycles. The number of hydrogen-bond donors (Lipinski definition) is 2. The van der Waals surface area contributed by atoms with E-state index in [0.717, 1.165) is 23.1 Å². The number of ether oxygens (including phenoxy) is 1. The first-order chi connectivity index (χ1) is 12.0. The van der Waals surface area contributed by atoms with Gasteiger partial charge in [-0.15, -0.1) is 0 Å². The summed E-state index contributed by atoms with van der Waals surface area (Å²) in [5.41, 5.74) is 5.11. The van der Waals surface area contributed by atoms with Gasteiger partial charge in [0, 0.05) is 12.2 Å². The molecule has 130 valence electrons. The fourth-order valence-corrected chi connectivity index (χ4v) is 2.92. The number of amides is 2. The molecule has 0 spiro atoms. The Labute approximate surface area is 147 Å². The molecule has 5 heteroatoms. The molecule has 1 heterocycles. The molecule has 0 aromatic heterocycles. The molecule has 1 aliphatic rings. The SMILES string of the molecule is Cc1ccc(NC(=O)C(=O)NC[C@@H]2OCCc3ccccc32)cc1C. The first kappa shape index (κ1) is 17.2. The molecule has 25 heavy (non-hydrogen) atoms. The lowest BCUT2D eigenvalue weighted by atomic mass is 9.97. The van der Waals surface area contributed by atoms with Crippen molar-refractivity contribution >= 4 is 17.5 Å². The van der Waals surface area contributed by atoms with E-state index in [2.05, 4.69) is 16.7 Å². The summed E-state index contributed by atoms with van der Waals surface area (Å²) in [6, 6.07) is 13.6. The van der Waals surface area contributed by atoms with Crippen LogP contribution < -0.4 is 10.6 Å². The standard InChI is InChI=1S/C20H22N2O3/c1-13-7-8-16(11-14(13)2)22-20(24)19(23)21-12-18-17-6-4-3-5-15(17)9-10-25-18/h3-8,11,18H,9-10,12H2,1-2H3,(H,21,23)(H,22,24)/t18-/m0/s1. The molecule has 0 fully saturated rings. The summed E-state index contributed by atoms with van der Waals surface area (Å²) < 4.78 is 5.74. The minimum absolute atomic E-state index is 0.219. The largest absolute Gasteiger partial charge is 0.371 e. The number of anilines is 1. The van der Waals surface area contributed by atoms with Crippen LogP contribution in [0.3, 0.4) is 0 Å². The van der Waals surface area contributed by atoms with Crippen LogP contribution >= 0.6 is 0 Å². The van der Waals surface area contributed by atoms with E-state index in [1.165, 1.54) is 5.56 Å². The quantitative estimate of drug-likeness (QED) is 0.846. The van der Waals surface area contributed by atoms with Crippen LogP contribution in [0, 0.1) is 13.8 Å². The maximum atomic E-state index is 12.1. The van der Waals surface area contributed by atoms with E-state index in [9.17, 15) is 9.59 Å². The Morgan fingerprint density at radius 1 is 1.08 bits per heavy atom. The van der Waals surface area contributed by atoms with Crippen LogP contribution in [0.5, 0.6) is 0 Å². The topological polar surface area (TPSA) is 67.4 Å². The zero-order valence-electron chi connectivity index (χ0n) is 14.5. The van der Waals surface area contributed by atoms with Crippen LogP contribution in [0.1, 0.15) is 28.4 Å². The van der Waals surface area contributed by atoms with Crippen molar-refractivity contribution in [3.63, 3.8) is 0 Å². The Balaban J connectivity index is 1.57. The van der Waals surface area contributed by atoms with E-state index >= 15 is 0 Å². The molecular weight excluding hydrogens is 316 g/mol. The molecule has 0 saturated heterocycles. The summed E-state index contributed by atoms with van der Waals surface area (Å²) in [5.74, 6) is -1.34. The third kappa shape index (κ3) is 4.06. The number of aryl methyl sites for hydroxylation is 2. The predicted octanol–water partition coefficient (Wildman–Crippen LogP) is 2.67. The van der Waals surface area contributed by atoms with Crippen molar-refractivity contribution in [1.82, 2.24) is 5.32 Å². The van der Waals surface area contributed by atoms with Crippen molar-refractivity contribution in [2.75, 3.05) is 18.5 Å². The average molecular weight is 338 g/mol.